The second kappa shape index (κ2) is 6.48. The van der Waals surface area contributed by atoms with Crippen LogP contribution >= 0.6 is 11.6 Å². The van der Waals surface area contributed by atoms with Crippen LogP contribution in [0, 0.1) is 17.6 Å². The Morgan fingerprint density at radius 2 is 2.17 bits per heavy atom. The van der Waals surface area contributed by atoms with Crippen LogP contribution in [0.3, 0.4) is 0 Å². The molecular weight excluding hydrogens is 256 g/mol. The monoisotopic (exact) mass is 273 g/mol. The smallest absolute Gasteiger partial charge is 0.130 e. The molecule has 0 aromatic heterocycles. The van der Waals surface area contributed by atoms with E-state index in [-0.39, 0.29) is 0 Å². The van der Waals surface area contributed by atoms with Crippen molar-refractivity contribution in [3.63, 3.8) is 0 Å². The Balaban J connectivity index is 1.96. The third-order valence-corrected chi connectivity index (χ3v) is 3.75. The van der Waals surface area contributed by atoms with Gasteiger partial charge in [-0.1, -0.05) is 6.07 Å². The van der Waals surface area contributed by atoms with Crippen molar-refractivity contribution in [2.75, 3.05) is 19.0 Å². The van der Waals surface area contributed by atoms with Crippen molar-refractivity contribution in [3.8, 4) is 0 Å². The first kappa shape index (κ1) is 13.8. The van der Waals surface area contributed by atoms with E-state index in [1.807, 2.05) is 0 Å². The lowest BCUT2D eigenvalue weighted by Gasteiger charge is -2.32. The number of hydrogen-bond acceptors (Lipinski definition) is 1. The van der Waals surface area contributed by atoms with Gasteiger partial charge in [-0.3, -0.25) is 4.90 Å². The Hall–Kier alpha value is -0.670. The second-order valence-electron chi connectivity index (χ2n) is 4.96. The van der Waals surface area contributed by atoms with Crippen molar-refractivity contribution >= 4 is 11.6 Å². The predicted octanol–water partition coefficient (Wildman–Crippen LogP) is 3.81. The van der Waals surface area contributed by atoms with Crippen LogP contribution in [0.4, 0.5) is 8.78 Å². The normalized spacial score (nSPS) is 21.2. The van der Waals surface area contributed by atoms with Gasteiger partial charge < -0.3 is 0 Å². The first-order chi connectivity index (χ1) is 8.69. The molecule has 1 aliphatic rings. The average molecular weight is 274 g/mol. The summed E-state index contributed by atoms with van der Waals surface area (Å²) in [5, 5.41) is 0. The molecule has 1 saturated heterocycles. The first-order valence-electron chi connectivity index (χ1n) is 6.41. The van der Waals surface area contributed by atoms with Crippen LogP contribution in [0.25, 0.3) is 0 Å². The molecule has 1 nitrogen and oxygen atoms in total. The Labute approximate surface area is 112 Å². The molecule has 0 amide bonds. The fraction of sp³-hybridized carbons (Fsp3) is 0.571. The first-order valence-corrected chi connectivity index (χ1v) is 6.94. The molecule has 100 valence electrons. The Kier molecular flexibility index (Phi) is 4.95. The highest BCUT2D eigenvalue weighted by Crippen LogP contribution is 2.22. The van der Waals surface area contributed by atoms with Gasteiger partial charge in [0.15, 0.2) is 0 Å². The molecule has 1 heterocycles. The zero-order chi connectivity index (χ0) is 13.0. The Morgan fingerprint density at radius 3 is 2.89 bits per heavy atom. The van der Waals surface area contributed by atoms with Crippen LogP contribution in [-0.4, -0.2) is 23.9 Å². The number of alkyl halides is 1. The van der Waals surface area contributed by atoms with Crippen molar-refractivity contribution in [2.45, 2.75) is 25.8 Å². The van der Waals surface area contributed by atoms with Crippen LogP contribution in [0.5, 0.6) is 0 Å². The predicted molar refractivity (Wildman–Crippen MR) is 69.7 cm³/mol. The van der Waals surface area contributed by atoms with E-state index in [4.69, 9.17) is 11.6 Å². The lowest BCUT2D eigenvalue weighted by atomic mass is 9.95. The summed E-state index contributed by atoms with van der Waals surface area (Å²) in [6.45, 7) is 2.50. The summed E-state index contributed by atoms with van der Waals surface area (Å²) < 4.78 is 26.4. The number of nitrogens with zero attached hydrogens (tertiary/aromatic N) is 1. The summed E-state index contributed by atoms with van der Waals surface area (Å²) in [5.74, 6) is 0.327. The van der Waals surface area contributed by atoms with E-state index in [0.29, 0.717) is 23.9 Å². The minimum Gasteiger partial charge on any atom is -0.299 e. The van der Waals surface area contributed by atoms with E-state index >= 15 is 0 Å². The zero-order valence-corrected chi connectivity index (χ0v) is 11.1. The van der Waals surface area contributed by atoms with Gasteiger partial charge in [0.2, 0.25) is 0 Å². The van der Waals surface area contributed by atoms with Gasteiger partial charge in [0, 0.05) is 30.6 Å². The molecule has 1 unspecified atom stereocenters. The number of benzene rings is 1. The van der Waals surface area contributed by atoms with Crippen LogP contribution in [0.15, 0.2) is 18.2 Å². The maximum atomic E-state index is 13.6. The number of rotatable bonds is 4. The number of piperidine rings is 1. The van der Waals surface area contributed by atoms with Crippen molar-refractivity contribution in [1.82, 2.24) is 4.90 Å². The van der Waals surface area contributed by atoms with E-state index < -0.39 is 11.6 Å². The molecule has 0 N–H and O–H groups in total. The number of likely N-dealkylation sites (tertiary alicyclic amines) is 1. The molecule has 1 aromatic carbocycles. The van der Waals surface area contributed by atoms with Gasteiger partial charge in [0.25, 0.3) is 0 Å². The molecule has 1 atom stereocenters. The van der Waals surface area contributed by atoms with Crippen LogP contribution in [-0.2, 0) is 6.54 Å². The minimum absolute atomic E-state index is 0.450. The molecule has 0 saturated carbocycles. The van der Waals surface area contributed by atoms with E-state index in [1.54, 1.807) is 0 Å². The molecule has 18 heavy (non-hydrogen) atoms. The number of halogens is 3. The molecule has 0 bridgehead atoms. The fourth-order valence-corrected chi connectivity index (χ4v) is 2.88. The lowest BCUT2D eigenvalue weighted by Crippen LogP contribution is -2.35. The van der Waals surface area contributed by atoms with Gasteiger partial charge in [-0.25, -0.2) is 8.78 Å². The summed E-state index contributed by atoms with van der Waals surface area (Å²) in [7, 11) is 0. The van der Waals surface area contributed by atoms with Gasteiger partial charge in [0.05, 0.1) is 0 Å². The van der Waals surface area contributed by atoms with Gasteiger partial charge in [-0.05, 0) is 37.8 Å². The molecule has 1 aliphatic heterocycles. The third-order valence-electron chi connectivity index (χ3n) is 3.53. The molecule has 0 spiro atoms. The van der Waals surface area contributed by atoms with Gasteiger partial charge in [0.1, 0.15) is 11.6 Å². The molecule has 2 rings (SSSR count). The molecule has 1 fully saturated rings. The maximum Gasteiger partial charge on any atom is 0.130 e. The number of hydrogen-bond donors (Lipinski definition) is 0. The fourth-order valence-electron chi connectivity index (χ4n) is 2.58. The van der Waals surface area contributed by atoms with Crippen LogP contribution in [0.2, 0.25) is 0 Å². The highest BCUT2D eigenvalue weighted by Gasteiger charge is 2.20. The SMILES string of the molecule is Fc1ccc(CN2CCCC(CCCl)C2)c(F)c1. The molecule has 0 aliphatic carbocycles. The summed E-state index contributed by atoms with van der Waals surface area (Å²) in [4.78, 5) is 2.23. The topological polar surface area (TPSA) is 3.24 Å². The van der Waals surface area contributed by atoms with E-state index in [1.165, 1.54) is 18.6 Å². The maximum absolute atomic E-state index is 13.6. The summed E-state index contributed by atoms with van der Waals surface area (Å²) in [6, 6.07) is 3.81. The standard InChI is InChI=1S/C14H18ClF2N/c15-6-5-11-2-1-7-18(9-11)10-12-3-4-13(16)8-14(12)17/h3-4,8,11H,1-2,5-7,9-10H2. The van der Waals surface area contributed by atoms with Crippen molar-refractivity contribution < 1.29 is 8.78 Å². The molecular formula is C14H18ClF2N. The molecule has 1 aromatic rings. The lowest BCUT2D eigenvalue weighted by molar-refractivity contribution is 0.163. The zero-order valence-electron chi connectivity index (χ0n) is 10.3. The Morgan fingerprint density at radius 1 is 1.33 bits per heavy atom. The Bertz CT molecular complexity index is 395. The van der Waals surface area contributed by atoms with Gasteiger partial charge >= 0.3 is 0 Å². The molecule has 4 heteroatoms. The van der Waals surface area contributed by atoms with E-state index in [0.717, 1.165) is 32.0 Å². The average Bonchev–Trinajstić information content (AvgIpc) is 2.34. The van der Waals surface area contributed by atoms with Gasteiger partial charge in [-0.2, -0.15) is 0 Å². The van der Waals surface area contributed by atoms with E-state index in [2.05, 4.69) is 4.90 Å². The highest BCUT2D eigenvalue weighted by molar-refractivity contribution is 6.17. The third kappa shape index (κ3) is 3.66. The minimum atomic E-state index is -0.519. The van der Waals surface area contributed by atoms with Crippen molar-refractivity contribution in [3.05, 3.63) is 35.4 Å². The largest absolute Gasteiger partial charge is 0.299 e. The quantitative estimate of drug-likeness (QED) is 0.754. The van der Waals surface area contributed by atoms with Crippen LogP contribution < -0.4 is 0 Å². The summed E-state index contributed by atoms with van der Waals surface area (Å²) >= 11 is 5.77. The van der Waals surface area contributed by atoms with Crippen molar-refractivity contribution in [2.24, 2.45) is 5.92 Å². The second-order valence-corrected chi connectivity index (χ2v) is 5.33. The summed E-state index contributed by atoms with van der Waals surface area (Å²) in [5.41, 5.74) is 0.572. The van der Waals surface area contributed by atoms with Crippen LogP contribution in [0.1, 0.15) is 24.8 Å². The van der Waals surface area contributed by atoms with Crippen molar-refractivity contribution in [1.29, 1.82) is 0 Å². The molecule has 0 radical (unpaired) electrons. The highest BCUT2D eigenvalue weighted by atomic mass is 35.5. The van der Waals surface area contributed by atoms with E-state index in [9.17, 15) is 8.78 Å². The summed E-state index contributed by atoms with van der Waals surface area (Å²) in [6.07, 6.45) is 3.35. The van der Waals surface area contributed by atoms with Gasteiger partial charge in [-0.15, -0.1) is 11.6 Å².